The minimum atomic E-state index is -4.80. The number of hydrogen-bond donors (Lipinski definition) is 1. The van der Waals surface area contributed by atoms with E-state index in [-0.39, 0.29) is 50.3 Å². The molecule has 8 nitrogen and oxygen atoms in total. The van der Waals surface area contributed by atoms with Crippen molar-refractivity contribution in [1.29, 1.82) is 0 Å². The zero-order chi connectivity index (χ0) is 24.7. The van der Waals surface area contributed by atoms with Gasteiger partial charge < -0.3 is 15.0 Å². The van der Waals surface area contributed by atoms with E-state index in [4.69, 9.17) is 4.74 Å². The van der Waals surface area contributed by atoms with Gasteiger partial charge in [0.1, 0.15) is 0 Å². The van der Waals surface area contributed by atoms with Crippen LogP contribution in [0.2, 0.25) is 0 Å². The molecule has 184 valence electrons. The molecule has 11 heteroatoms. The third-order valence-electron chi connectivity index (χ3n) is 5.50. The Morgan fingerprint density at radius 3 is 2.62 bits per heavy atom. The molecule has 2 aromatic rings. The van der Waals surface area contributed by atoms with Crippen LogP contribution in [0.1, 0.15) is 48.7 Å². The van der Waals surface area contributed by atoms with E-state index in [0.29, 0.717) is 25.1 Å². The second-order valence-corrected chi connectivity index (χ2v) is 7.96. The van der Waals surface area contributed by atoms with Gasteiger partial charge in [0.05, 0.1) is 23.8 Å². The minimum Gasteiger partial charge on any atom is -0.466 e. The van der Waals surface area contributed by atoms with Crippen molar-refractivity contribution < 1.29 is 32.3 Å². The molecule has 1 aromatic carbocycles. The molecule has 1 saturated heterocycles. The lowest BCUT2D eigenvalue weighted by Gasteiger charge is -2.31. The van der Waals surface area contributed by atoms with E-state index in [1.54, 1.807) is 42.2 Å². The molecule has 1 atom stereocenters. The molecule has 34 heavy (non-hydrogen) atoms. The van der Waals surface area contributed by atoms with Crippen molar-refractivity contribution in [2.45, 2.75) is 38.8 Å². The molecule has 1 aromatic heterocycles. The molecule has 2 amide bonds. The number of aromatic nitrogens is 2. The number of nitrogens with zero attached hydrogens (tertiary/aromatic N) is 3. The first-order chi connectivity index (χ1) is 16.2. The topological polar surface area (TPSA) is 93.5 Å². The monoisotopic (exact) mass is 480 g/mol. The molecule has 0 radical (unpaired) electrons. The van der Waals surface area contributed by atoms with Crippen LogP contribution in [0.25, 0.3) is 5.69 Å². The molecule has 2 heterocycles. The first kappa shape index (κ1) is 25.3. The maximum atomic E-state index is 13.4. The number of carbonyl (C=O) groups excluding carboxylic acids is 3. The van der Waals surface area contributed by atoms with Crippen molar-refractivity contribution >= 4 is 17.8 Å². The van der Waals surface area contributed by atoms with Gasteiger partial charge >= 0.3 is 12.1 Å². The fraction of sp³-hybridized carbons (Fsp3) is 0.478. The molecule has 1 fully saturated rings. The Kier molecular flexibility index (Phi) is 8.30. The van der Waals surface area contributed by atoms with E-state index in [1.807, 2.05) is 0 Å². The highest BCUT2D eigenvalue weighted by molar-refractivity contribution is 5.95. The van der Waals surface area contributed by atoms with Crippen molar-refractivity contribution in [3.8, 4) is 5.69 Å². The summed E-state index contributed by atoms with van der Waals surface area (Å²) in [5.41, 5.74) is -1.47. The summed E-state index contributed by atoms with van der Waals surface area (Å²) in [6.07, 6.45) is -2.05. The maximum Gasteiger partial charge on any atom is 0.435 e. The van der Waals surface area contributed by atoms with Crippen molar-refractivity contribution in [1.82, 2.24) is 20.0 Å². The Morgan fingerprint density at radius 2 is 1.94 bits per heavy atom. The average molecular weight is 480 g/mol. The number of benzene rings is 1. The van der Waals surface area contributed by atoms with E-state index in [2.05, 4.69) is 10.4 Å². The number of alkyl halides is 3. The van der Waals surface area contributed by atoms with Gasteiger partial charge in [-0.15, -0.1) is 0 Å². The van der Waals surface area contributed by atoms with Gasteiger partial charge in [0.2, 0.25) is 5.91 Å². The summed E-state index contributed by atoms with van der Waals surface area (Å²) in [5, 5.41) is 6.00. The van der Waals surface area contributed by atoms with Gasteiger partial charge in [-0.2, -0.15) is 18.3 Å². The maximum absolute atomic E-state index is 13.4. The Labute approximate surface area is 195 Å². The number of esters is 1. The van der Waals surface area contributed by atoms with E-state index in [9.17, 15) is 27.6 Å². The predicted molar refractivity (Wildman–Crippen MR) is 116 cm³/mol. The number of ether oxygens (including phenoxy) is 1. The van der Waals surface area contributed by atoms with Crippen LogP contribution in [0.5, 0.6) is 0 Å². The number of halogens is 3. The van der Waals surface area contributed by atoms with Crippen LogP contribution in [0.4, 0.5) is 13.2 Å². The molecular formula is C23H27F3N4O4. The Morgan fingerprint density at radius 1 is 1.21 bits per heavy atom. The number of rotatable bonds is 8. The van der Waals surface area contributed by atoms with Crippen LogP contribution >= 0.6 is 0 Å². The van der Waals surface area contributed by atoms with Crippen LogP contribution in [0.15, 0.2) is 36.5 Å². The first-order valence-corrected chi connectivity index (χ1v) is 11.2. The quantitative estimate of drug-likeness (QED) is 0.463. The number of nitrogens with one attached hydrogen (secondary N) is 1. The number of piperidine rings is 1. The number of likely N-dealkylation sites (tertiary alicyclic amines) is 1. The van der Waals surface area contributed by atoms with Crippen LogP contribution in [-0.2, 0) is 20.5 Å². The smallest absolute Gasteiger partial charge is 0.435 e. The average Bonchev–Trinajstić information content (AvgIpc) is 3.29. The molecule has 0 aliphatic carbocycles. The number of carbonyl (C=O) groups is 3. The zero-order valence-electron chi connectivity index (χ0n) is 18.8. The third kappa shape index (κ3) is 6.36. The van der Waals surface area contributed by atoms with Crippen molar-refractivity contribution in [3.05, 3.63) is 47.8 Å². The fourth-order valence-corrected chi connectivity index (χ4v) is 3.81. The first-order valence-electron chi connectivity index (χ1n) is 11.2. The molecule has 3 rings (SSSR count). The summed E-state index contributed by atoms with van der Waals surface area (Å²) in [5.74, 6) is -1.75. The van der Waals surface area contributed by atoms with Gasteiger partial charge in [0.25, 0.3) is 5.91 Å². The number of para-hydroxylation sites is 1. The Bertz CT molecular complexity index is 1010. The second kappa shape index (κ2) is 11.2. The van der Waals surface area contributed by atoms with E-state index >= 15 is 0 Å². The number of amides is 2. The SMILES string of the molecule is CCOC(=O)C1CCCN(C(=O)CCCNC(=O)c2cn(-c3ccccc3)nc2C(F)(F)F)C1. The lowest BCUT2D eigenvalue weighted by molar-refractivity contribution is -0.151. The van der Waals surface area contributed by atoms with E-state index in [1.165, 1.54) is 0 Å². The van der Waals surface area contributed by atoms with E-state index in [0.717, 1.165) is 10.9 Å². The van der Waals surface area contributed by atoms with Crippen molar-refractivity contribution in [3.63, 3.8) is 0 Å². The van der Waals surface area contributed by atoms with Crippen molar-refractivity contribution in [2.75, 3.05) is 26.2 Å². The van der Waals surface area contributed by atoms with E-state index < -0.39 is 23.3 Å². The molecule has 1 N–H and O–H groups in total. The summed E-state index contributed by atoms with van der Waals surface area (Å²) in [6.45, 7) is 2.85. The third-order valence-corrected chi connectivity index (χ3v) is 5.50. The number of hydrogen-bond acceptors (Lipinski definition) is 5. The van der Waals surface area contributed by atoms with Gasteiger partial charge in [-0.05, 0) is 38.3 Å². The van der Waals surface area contributed by atoms with Crippen LogP contribution in [0, 0.1) is 5.92 Å². The zero-order valence-corrected chi connectivity index (χ0v) is 18.8. The Hall–Kier alpha value is -3.37. The fourth-order valence-electron chi connectivity index (χ4n) is 3.81. The van der Waals surface area contributed by atoms with Gasteiger partial charge in [0.15, 0.2) is 5.69 Å². The van der Waals surface area contributed by atoms with Gasteiger partial charge in [-0.1, -0.05) is 18.2 Å². The van der Waals surface area contributed by atoms with Crippen LogP contribution in [-0.4, -0.2) is 58.7 Å². The summed E-state index contributed by atoms with van der Waals surface area (Å²) >= 11 is 0. The minimum absolute atomic E-state index is 0.0214. The van der Waals surface area contributed by atoms with Crippen LogP contribution in [0.3, 0.4) is 0 Å². The highest BCUT2D eigenvalue weighted by Crippen LogP contribution is 2.31. The largest absolute Gasteiger partial charge is 0.466 e. The second-order valence-electron chi connectivity index (χ2n) is 7.96. The standard InChI is InChI=1S/C23H27F3N4O4/c1-2-34-22(33)16-8-7-13-29(14-16)19(31)11-6-12-27-21(32)18-15-30(17-9-4-3-5-10-17)28-20(18)23(24,25)26/h3-5,9-10,15-16H,2,6-8,11-14H2,1H3,(H,27,32). The molecule has 0 bridgehead atoms. The molecule has 1 unspecified atom stereocenters. The predicted octanol–water partition coefficient (Wildman–Crippen LogP) is 3.20. The highest BCUT2D eigenvalue weighted by atomic mass is 19.4. The summed E-state index contributed by atoms with van der Waals surface area (Å²) < 4.78 is 46.3. The lowest BCUT2D eigenvalue weighted by Crippen LogP contribution is -2.43. The Balaban J connectivity index is 1.54. The molecule has 0 spiro atoms. The van der Waals surface area contributed by atoms with Crippen molar-refractivity contribution in [2.24, 2.45) is 5.92 Å². The summed E-state index contributed by atoms with van der Waals surface area (Å²) in [6, 6.07) is 8.17. The van der Waals surface area contributed by atoms with Gasteiger partial charge in [-0.25, -0.2) is 4.68 Å². The lowest BCUT2D eigenvalue weighted by atomic mass is 9.98. The molecular weight excluding hydrogens is 453 g/mol. The molecule has 0 saturated carbocycles. The van der Waals surface area contributed by atoms with Crippen LogP contribution < -0.4 is 5.32 Å². The molecule has 1 aliphatic heterocycles. The summed E-state index contributed by atoms with van der Waals surface area (Å²) in [7, 11) is 0. The highest BCUT2D eigenvalue weighted by Gasteiger charge is 2.39. The summed E-state index contributed by atoms with van der Waals surface area (Å²) in [4.78, 5) is 38.5. The van der Waals surface area contributed by atoms with Gasteiger partial charge in [0, 0.05) is 32.3 Å². The normalized spacial score (nSPS) is 16.2. The molecule has 1 aliphatic rings. The van der Waals surface area contributed by atoms with Gasteiger partial charge in [-0.3, -0.25) is 14.4 Å².